The molecule has 1 N–H and O–H groups in total. The van der Waals surface area contributed by atoms with Gasteiger partial charge in [-0.2, -0.15) is 0 Å². The molecule has 1 aliphatic heterocycles. The second-order valence-electron chi connectivity index (χ2n) is 7.18. The molecule has 1 fully saturated rings. The van der Waals surface area contributed by atoms with Gasteiger partial charge in [-0.3, -0.25) is 14.2 Å². The lowest BCUT2D eigenvalue weighted by molar-refractivity contribution is -0.140. The molecule has 2 atom stereocenters. The van der Waals surface area contributed by atoms with Crippen LogP contribution in [0.3, 0.4) is 0 Å². The maximum Gasteiger partial charge on any atom is 0.278 e. The van der Waals surface area contributed by atoms with E-state index in [2.05, 4.69) is 4.98 Å². The molecule has 2 aromatic heterocycles. The van der Waals surface area contributed by atoms with Crippen LogP contribution in [0.4, 0.5) is 0 Å². The van der Waals surface area contributed by atoms with Crippen LogP contribution in [0, 0.1) is 0 Å². The number of benzene rings is 1. The van der Waals surface area contributed by atoms with Crippen molar-refractivity contribution in [2.24, 2.45) is 0 Å². The average molecular weight is 401 g/mol. The SMILES string of the molecule is CCn1c(SCC(=O)N2C[C@H](C)O[C@@H](C)C2)nc2c([nH]c3ccccc32)c1=O. The first-order chi connectivity index (χ1) is 13.5. The first-order valence-electron chi connectivity index (χ1n) is 9.55. The highest BCUT2D eigenvalue weighted by molar-refractivity contribution is 7.99. The van der Waals surface area contributed by atoms with E-state index < -0.39 is 0 Å². The molecule has 4 rings (SSSR count). The molecule has 1 aromatic carbocycles. The number of morpholine rings is 1. The first-order valence-corrected chi connectivity index (χ1v) is 10.5. The van der Waals surface area contributed by atoms with Gasteiger partial charge in [0.2, 0.25) is 5.91 Å². The number of rotatable bonds is 4. The van der Waals surface area contributed by atoms with Gasteiger partial charge in [0.15, 0.2) is 5.16 Å². The smallest absolute Gasteiger partial charge is 0.278 e. The lowest BCUT2D eigenvalue weighted by Gasteiger charge is -2.35. The summed E-state index contributed by atoms with van der Waals surface area (Å²) in [5, 5.41) is 1.49. The van der Waals surface area contributed by atoms with Gasteiger partial charge in [0.25, 0.3) is 5.56 Å². The van der Waals surface area contributed by atoms with Gasteiger partial charge in [0.1, 0.15) is 11.0 Å². The summed E-state index contributed by atoms with van der Waals surface area (Å²) in [4.78, 5) is 35.4. The van der Waals surface area contributed by atoms with E-state index in [9.17, 15) is 9.59 Å². The molecule has 3 aromatic rings. The third-order valence-electron chi connectivity index (χ3n) is 4.99. The Labute approximate surface area is 167 Å². The van der Waals surface area contributed by atoms with Gasteiger partial charge >= 0.3 is 0 Å². The Morgan fingerprint density at radius 3 is 2.71 bits per heavy atom. The number of amides is 1. The minimum Gasteiger partial charge on any atom is -0.372 e. The number of carbonyl (C=O) groups is 1. The van der Waals surface area contributed by atoms with Crippen molar-refractivity contribution in [3.8, 4) is 0 Å². The Morgan fingerprint density at radius 1 is 1.29 bits per heavy atom. The summed E-state index contributed by atoms with van der Waals surface area (Å²) in [6.07, 6.45) is 0.0689. The summed E-state index contributed by atoms with van der Waals surface area (Å²) in [6, 6.07) is 7.74. The summed E-state index contributed by atoms with van der Waals surface area (Å²) in [5.41, 5.74) is 1.95. The molecule has 0 radical (unpaired) electrons. The van der Waals surface area contributed by atoms with Gasteiger partial charge in [-0.15, -0.1) is 0 Å². The van der Waals surface area contributed by atoms with E-state index in [1.807, 2.05) is 49.9 Å². The minimum atomic E-state index is -0.104. The third-order valence-corrected chi connectivity index (χ3v) is 5.95. The van der Waals surface area contributed by atoms with E-state index in [1.165, 1.54) is 11.8 Å². The third kappa shape index (κ3) is 3.42. The zero-order chi connectivity index (χ0) is 19.8. The molecule has 0 saturated carbocycles. The second kappa shape index (κ2) is 7.60. The van der Waals surface area contributed by atoms with Gasteiger partial charge in [0.05, 0.1) is 18.0 Å². The van der Waals surface area contributed by atoms with Crippen molar-refractivity contribution in [3.05, 3.63) is 34.6 Å². The van der Waals surface area contributed by atoms with Crippen LogP contribution in [-0.4, -0.2) is 56.4 Å². The maximum atomic E-state index is 12.9. The van der Waals surface area contributed by atoms with Crippen molar-refractivity contribution in [1.82, 2.24) is 19.4 Å². The normalized spacial score (nSPS) is 20.2. The van der Waals surface area contributed by atoms with E-state index in [1.54, 1.807) is 4.57 Å². The van der Waals surface area contributed by atoms with Gasteiger partial charge in [-0.05, 0) is 26.8 Å². The maximum absolute atomic E-state index is 12.9. The van der Waals surface area contributed by atoms with Gasteiger partial charge in [-0.25, -0.2) is 4.98 Å². The van der Waals surface area contributed by atoms with Gasteiger partial charge < -0.3 is 14.6 Å². The zero-order valence-corrected chi connectivity index (χ0v) is 17.1. The van der Waals surface area contributed by atoms with E-state index in [0.29, 0.717) is 35.8 Å². The van der Waals surface area contributed by atoms with E-state index in [-0.39, 0.29) is 29.4 Å². The average Bonchev–Trinajstić information content (AvgIpc) is 3.04. The van der Waals surface area contributed by atoms with E-state index in [0.717, 1.165) is 10.9 Å². The molecule has 1 aliphatic rings. The Morgan fingerprint density at radius 2 is 2.00 bits per heavy atom. The fourth-order valence-electron chi connectivity index (χ4n) is 3.76. The van der Waals surface area contributed by atoms with Crippen molar-refractivity contribution in [2.75, 3.05) is 18.8 Å². The standard InChI is InChI=1S/C20H24N4O3S/c1-4-24-19(26)18-17(14-7-5-6-8-15(14)21-18)22-20(24)28-11-16(25)23-9-12(2)27-13(3)10-23/h5-8,12-13,21H,4,9-11H2,1-3H3/t12-,13-/m0/s1. The molecule has 0 aliphatic carbocycles. The molecule has 3 heterocycles. The summed E-state index contributed by atoms with van der Waals surface area (Å²) in [7, 11) is 0. The number of aromatic amines is 1. The predicted molar refractivity (Wildman–Crippen MR) is 111 cm³/mol. The van der Waals surface area contributed by atoms with Crippen LogP contribution in [0.1, 0.15) is 20.8 Å². The van der Waals surface area contributed by atoms with Crippen molar-refractivity contribution in [2.45, 2.75) is 44.7 Å². The number of carbonyl (C=O) groups excluding carboxylic acids is 1. The van der Waals surface area contributed by atoms with Crippen LogP contribution in [0.5, 0.6) is 0 Å². The molecule has 8 heteroatoms. The van der Waals surface area contributed by atoms with Gasteiger partial charge in [-0.1, -0.05) is 30.0 Å². The number of hydrogen-bond acceptors (Lipinski definition) is 5. The monoisotopic (exact) mass is 400 g/mol. The number of para-hydroxylation sites is 1. The number of fused-ring (bicyclic) bond motifs is 3. The van der Waals surface area contributed by atoms with E-state index in [4.69, 9.17) is 9.72 Å². The molecule has 1 saturated heterocycles. The number of ether oxygens (including phenoxy) is 1. The molecule has 0 bridgehead atoms. The Bertz CT molecular complexity index is 1080. The highest BCUT2D eigenvalue weighted by atomic mass is 32.2. The molecule has 28 heavy (non-hydrogen) atoms. The Hall–Kier alpha value is -2.32. The molecular weight excluding hydrogens is 376 g/mol. The van der Waals surface area contributed by atoms with Crippen LogP contribution in [-0.2, 0) is 16.1 Å². The molecular formula is C20H24N4O3S. The summed E-state index contributed by atoms with van der Waals surface area (Å²) in [6.45, 7) is 7.56. The highest BCUT2D eigenvalue weighted by Gasteiger charge is 2.26. The van der Waals surface area contributed by atoms with Crippen LogP contribution in [0.25, 0.3) is 21.9 Å². The minimum absolute atomic E-state index is 0.0345. The lowest BCUT2D eigenvalue weighted by atomic mass is 10.2. The quantitative estimate of drug-likeness (QED) is 0.538. The second-order valence-corrected chi connectivity index (χ2v) is 8.13. The van der Waals surface area contributed by atoms with Gasteiger partial charge in [0, 0.05) is 30.5 Å². The van der Waals surface area contributed by atoms with Crippen LogP contribution < -0.4 is 5.56 Å². The fraction of sp³-hybridized carbons (Fsp3) is 0.450. The number of H-pyrrole nitrogens is 1. The highest BCUT2D eigenvalue weighted by Crippen LogP contribution is 2.25. The Kier molecular flexibility index (Phi) is 5.16. The summed E-state index contributed by atoms with van der Waals surface area (Å²) in [5.74, 6) is 0.294. The van der Waals surface area contributed by atoms with Crippen molar-refractivity contribution in [1.29, 1.82) is 0 Å². The van der Waals surface area contributed by atoms with E-state index >= 15 is 0 Å². The number of aromatic nitrogens is 3. The fourth-order valence-corrected chi connectivity index (χ4v) is 4.72. The number of nitrogens with zero attached hydrogens (tertiary/aromatic N) is 3. The molecule has 7 nitrogen and oxygen atoms in total. The number of thioether (sulfide) groups is 1. The number of nitrogens with one attached hydrogen (secondary N) is 1. The molecule has 0 unspecified atom stereocenters. The molecule has 1 amide bonds. The van der Waals surface area contributed by atoms with Crippen LogP contribution >= 0.6 is 11.8 Å². The van der Waals surface area contributed by atoms with Crippen LogP contribution in [0.15, 0.2) is 34.2 Å². The number of hydrogen-bond donors (Lipinski definition) is 1. The zero-order valence-electron chi connectivity index (χ0n) is 16.3. The summed E-state index contributed by atoms with van der Waals surface area (Å²) >= 11 is 1.32. The lowest BCUT2D eigenvalue weighted by Crippen LogP contribution is -2.48. The first kappa shape index (κ1) is 19.0. The van der Waals surface area contributed by atoms with Crippen LogP contribution in [0.2, 0.25) is 0 Å². The Balaban J connectivity index is 1.63. The molecule has 0 spiro atoms. The molecule has 148 valence electrons. The largest absolute Gasteiger partial charge is 0.372 e. The van der Waals surface area contributed by atoms with Crippen molar-refractivity contribution >= 4 is 39.6 Å². The topological polar surface area (TPSA) is 80.2 Å². The van der Waals surface area contributed by atoms with Crippen molar-refractivity contribution in [3.63, 3.8) is 0 Å². The summed E-state index contributed by atoms with van der Waals surface area (Å²) < 4.78 is 7.33. The predicted octanol–water partition coefficient (Wildman–Crippen LogP) is 2.63. The van der Waals surface area contributed by atoms with Crippen molar-refractivity contribution < 1.29 is 9.53 Å².